The van der Waals surface area contributed by atoms with Crippen LogP contribution in [0.25, 0.3) is 10.9 Å². The minimum Gasteiger partial charge on any atom is -0.313 e. The third kappa shape index (κ3) is 3.37. The number of para-hydroxylation sites is 1. The summed E-state index contributed by atoms with van der Waals surface area (Å²) in [4.78, 5) is 4.85. The zero-order valence-electron chi connectivity index (χ0n) is 13.2. The van der Waals surface area contributed by atoms with Crippen molar-refractivity contribution in [3.8, 4) is 0 Å². The van der Waals surface area contributed by atoms with E-state index in [9.17, 15) is 0 Å². The molecule has 1 heterocycles. The van der Waals surface area contributed by atoms with Gasteiger partial charge in [0.25, 0.3) is 0 Å². The largest absolute Gasteiger partial charge is 0.313 e. The number of benzene rings is 1. The molecular weight excluding hydrogens is 244 g/mol. The zero-order valence-corrected chi connectivity index (χ0v) is 13.2. The van der Waals surface area contributed by atoms with E-state index >= 15 is 0 Å². The highest BCUT2D eigenvalue weighted by Crippen LogP contribution is 2.24. The summed E-state index contributed by atoms with van der Waals surface area (Å²) in [5.41, 5.74) is 4.99. The molecule has 0 bridgehead atoms. The molecule has 1 aromatic carbocycles. The van der Waals surface area contributed by atoms with Gasteiger partial charge in [0, 0.05) is 17.6 Å². The van der Waals surface area contributed by atoms with Crippen LogP contribution >= 0.6 is 0 Å². The van der Waals surface area contributed by atoms with E-state index in [1.54, 1.807) is 0 Å². The number of aryl methyl sites for hydroxylation is 1. The highest BCUT2D eigenvalue weighted by molar-refractivity contribution is 5.85. The van der Waals surface area contributed by atoms with Crippen LogP contribution in [0.15, 0.2) is 24.3 Å². The molecule has 108 valence electrons. The van der Waals surface area contributed by atoms with Gasteiger partial charge < -0.3 is 5.32 Å². The first-order chi connectivity index (χ1) is 9.63. The molecule has 0 fully saturated rings. The lowest BCUT2D eigenvalue weighted by molar-refractivity contribution is 0.642. The summed E-state index contributed by atoms with van der Waals surface area (Å²) in [5, 5.41) is 4.84. The number of fused-ring (bicyclic) bond motifs is 1. The van der Waals surface area contributed by atoms with Crippen LogP contribution in [0.1, 0.15) is 56.4 Å². The Labute approximate surface area is 122 Å². The van der Waals surface area contributed by atoms with Crippen LogP contribution in [-0.4, -0.2) is 11.5 Å². The predicted molar refractivity (Wildman–Crippen MR) is 87.2 cm³/mol. The molecule has 2 rings (SSSR count). The second-order valence-corrected chi connectivity index (χ2v) is 5.86. The predicted octanol–water partition coefficient (Wildman–Crippen LogP) is 4.56. The molecule has 20 heavy (non-hydrogen) atoms. The summed E-state index contributed by atoms with van der Waals surface area (Å²) < 4.78 is 0. The van der Waals surface area contributed by atoms with Crippen LogP contribution in [0.2, 0.25) is 0 Å². The first-order valence-electron chi connectivity index (χ1n) is 7.73. The molecule has 0 atom stereocenters. The van der Waals surface area contributed by atoms with Crippen LogP contribution in [0, 0.1) is 6.92 Å². The Hall–Kier alpha value is -1.41. The minimum absolute atomic E-state index is 0.466. The Morgan fingerprint density at radius 3 is 2.75 bits per heavy atom. The van der Waals surface area contributed by atoms with Gasteiger partial charge in [0.1, 0.15) is 0 Å². The lowest BCUT2D eigenvalue weighted by atomic mass is 10.0. The maximum Gasteiger partial charge on any atom is 0.0737 e. The molecule has 1 N–H and O–H groups in total. The van der Waals surface area contributed by atoms with Crippen LogP contribution in [0.3, 0.4) is 0 Å². The maximum atomic E-state index is 4.85. The third-order valence-electron chi connectivity index (χ3n) is 3.76. The summed E-state index contributed by atoms with van der Waals surface area (Å²) in [5.74, 6) is 0.466. The standard InChI is InChI=1S/C18H26N2/c1-5-6-10-19-12-15-11-17(13(2)3)20-18-14(4)8-7-9-16(15)18/h7-9,11,13,19H,5-6,10,12H2,1-4H3. The average Bonchev–Trinajstić information content (AvgIpc) is 2.44. The van der Waals surface area contributed by atoms with E-state index in [0.717, 1.165) is 18.6 Å². The molecule has 2 aromatic rings. The Bertz CT molecular complexity index is 573. The lowest BCUT2D eigenvalue weighted by Gasteiger charge is -2.13. The van der Waals surface area contributed by atoms with Gasteiger partial charge in [-0.3, -0.25) is 4.98 Å². The fraction of sp³-hybridized carbons (Fsp3) is 0.500. The number of rotatable bonds is 6. The van der Waals surface area contributed by atoms with Crippen molar-refractivity contribution in [1.29, 1.82) is 0 Å². The van der Waals surface area contributed by atoms with E-state index < -0.39 is 0 Å². The maximum absolute atomic E-state index is 4.85. The van der Waals surface area contributed by atoms with Crippen molar-refractivity contribution in [3.05, 3.63) is 41.1 Å². The summed E-state index contributed by atoms with van der Waals surface area (Å²) in [6.45, 7) is 10.8. The molecule has 0 unspecified atom stereocenters. The van der Waals surface area contributed by atoms with Gasteiger partial charge >= 0.3 is 0 Å². The van der Waals surface area contributed by atoms with E-state index in [1.807, 2.05) is 0 Å². The number of pyridine rings is 1. The van der Waals surface area contributed by atoms with Crippen molar-refractivity contribution in [2.75, 3.05) is 6.54 Å². The van der Waals surface area contributed by atoms with Crippen LogP contribution < -0.4 is 5.32 Å². The summed E-state index contributed by atoms with van der Waals surface area (Å²) in [6, 6.07) is 8.74. The van der Waals surface area contributed by atoms with Gasteiger partial charge in [0.15, 0.2) is 0 Å². The number of nitrogens with one attached hydrogen (secondary N) is 1. The number of unbranched alkanes of at least 4 members (excludes halogenated alkanes) is 1. The van der Waals surface area contributed by atoms with Gasteiger partial charge in [0.2, 0.25) is 0 Å². The number of hydrogen-bond donors (Lipinski definition) is 1. The Morgan fingerprint density at radius 2 is 2.05 bits per heavy atom. The van der Waals surface area contributed by atoms with Gasteiger partial charge in [-0.05, 0) is 43.0 Å². The number of nitrogens with zero attached hydrogens (tertiary/aromatic N) is 1. The first kappa shape index (κ1) is 15.0. The fourth-order valence-corrected chi connectivity index (χ4v) is 2.45. The highest BCUT2D eigenvalue weighted by atomic mass is 14.8. The van der Waals surface area contributed by atoms with Gasteiger partial charge in [-0.25, -0.2) is 0 Å². The van der Waals surface area contributed by atoms with Gasteiger partial charge in [0.05, 0.1) is 5.52 Å². The summed E-state index contributed by atoms with van der Waals surface area (Å²) >= 11 is 0. The monoisotopic (exact) mass is 270 g/mol. The molecule has 0 saturated carbocycles. The molecule has 0 amide bonds. The summed E-state index contributed by atoms with van der Waals surface area (Å²) in [6.07, 6.45) is 2.47. The molecule has 1 aromatic heterocycles. The minimum atomic E-state index is 0.466. The van der Waals surface area contributed by atoms with E-state index in [2.05, 4.69) is 57.3 Å². The normalized spacial score (nSPS) is 11.4. The van der Waals surface area contributed by atoms with Crippen molar-refractivity contribution in [2.45, 2.75) is 53.0 Å². The number of hydrogen-bond acceptors (Lipinski definition) is 2. The van der Waals surface area contributed by atoms with Crippen molar-refractivity contribution in [1.82, 2.24) is 10.3 Å². The van der Waals surface area contributed by atoms with Crippen LogP contribution in [-0.2, 0) is 6.54 Å². The van der Waals surface area contributed by atoms with Crippen LogP contribution in [0.4, 0.5) is 0 Å². The average molecular weight is 270 g/mol. The Balaban J connectivity index is 2.37. The zero-order chi connectivity index (χ0) is 14.5. The second-order valence-electron chi connectivity index (χ2n) is 5.86. The molecule has 0 spiro atoms. The van der Waals surface area contributed by atoms with E-state index in [1.165, 1.54) is 35.0 Å². The Kier molecular flexibility index (Phi) is 5.13. The Morgan fingerprint density at radius 1 is 1.25 bits per heavy atom. The fourth-order valence-electron chi connectivity index (χ4n) is 2.45. The van der Waals surface area contributed by atoms with Gasteiger partial charge in [-0.1, -0.05) is 45.4 Å². The van der Waals surface area contributed by atoms with Gasteiger partial charge in [-0.2, -0.15) is 0 Å². The molecule has 0 aliphatic heterocycles. The smallest absolute Gasteiger partial charge is 0.0737 e. The SMILES string of the molecule is CCCCNCc1cc(C(C)C)nc2c(C)cccc12. The van der Waals surface area contributed by atoms with Crippen molar-refractivity contribution in [2.24, 2.45) is 0 Å². The van der Waals surface area contributed by atoms with E-state index in [4.69, 9.17) is 4.98 Å². The first-order valence-corrected chi connectivity index (χ1v) is 7.73. The van der Waals surface area contributed by atoms with Crippen molar-refractivity contribution >= 4 is 10.9 Å². The van der Waals surface area contributed by atoms with Crippen molar-refractivity contribution in [3.63, 3.8) is 0 Å². The molecular formula is C18H26N2. The van der Waals surface area contributed by atoms with Crippen molar-refractivity contribution < 1.29 is 0 Å². The second kappa shape index (κ2) is 6.85. The topological polar surface area (TPSA) is 24.9 Å². The third-order valence-corrected chi connectivity index (χ3v) is 3.76. The molecule has 0 radical (unpaired) electrons. The molecule has 2 heteroatoms. The quantitative estimate of drug-likeness (QED) is 0.779. The van der Waals surface area contributed by atoms with E-state index in [0.29, 0.717) is 5.92 Å². The molecule has 0 aliphatic carbocycles. The van der Waals surface area contributed by atoms with Gasteiger partial charge in [-0.15, -0.1) is 0 Å². The van der Waals surface area contributed by atoms with E-state index in [-0.39, 0.29) is 0 Å². The molecule has 0 aliphatic rings. The van der Waals surface area contributed by atoms with Crippen LogP contribution in [0.5, 0.6) is 0 Å². The highest BCUT2D eigenvalue weighted by Gasteiger charge is 2.09. The lowest BCUT2D eigenvalue weighted by Crippen LogP contribution is -2.15. The number of aromatic nitrogens is 1. The molecule has 0 saturated heterocycles. The molecule has 2 nitrogen and oxygen atoms in total. The summed E-state index contributed by atoms with van der Waals surface area (Å²) in [7, 11) is 0.